The molecule has 20 heavy (non-hydrogen) atoms. The molecule has 1 aliphatic rings. The number of hydrogen-bond acceptors (Lipinski definition) is 2. The Balaban J connectivity index is 1.63. The number of carbonyl (C=O) groups is 1. The average Bonchev–Trinajstić information content (AvgIpc) is 2.89. The summed E-state index contributed by atoms with van der Waals surface area (Å²) in [5.41, 5.74) is 3.17. The van der Waals surface area contributed by atoms with Crippen molar-refractivity contribution in [3.05, 3.63) is 65.5 Å². The molecule has 0 bridgehead atoms. The number of benzene rings is 2. The molecule has 0 amide bonds. The van der Waals surface area contributed by atoms with Gasteiger partial charge in [-0.25, -0.2) is 4.39 Å². The third-order valence-electron chi connectivity index (χ3n) is 3.76. The van der Waals surface area contributed by atoms with Crippen molar-refractivity contribution in [3.63, 3.8) is 0 Å². The smallest absolute Gasteiger partial charge is 0.164 e. The normalized spacial score (nSPS) is 13.3. The van der Waals surface area contributed by atoms with Crippen LogP contribution >= 0.6 is 0 Å². The Morgan fingerprint density at radius 3 is 2.65 bits per heavy atom. The zero-order valence-electron chi connectivity index (χ0n) is 11.2. The van der Waals surface area contributed by atoms with Crippen LogP contribution in [0.4, 0.5) is 10.1 Å². The molecular formula is C17H16FNO. The van der Waals surface area contributed by atoms with Gasteiger partial charge in [0.05, 0.1) is 0 Å². The summed E-state index contributed by atoms with van der Waals surface area (Å²) in [6.07, 6.45) is 1.50. The van der Waals surface area contributed by atoms with Crippen molar-refractivity contribution in [1.29, 1.82) is 0 Å². The summed E-state index contributed by atoms with van der Waals surface area (Å²) in [5, 5.41) is 0. The second-order valence-corrected chi connectivity index (χ2v) is 5.05. The highest BCUT2D eigenvalue weighted by Crippen LogP contribution is 2.27. The molecule has 0 fully saturated rings. The lowest BCUT2D eigenvalue weighted by Crippen LogP contribution is -2.23. The van der Waals surface area contributed by atoms with Crippen molar-refractivity contribution in [1.82, 2.24) is 0 Å². The van der Waals surface area contributed by atoms with Gasteiger partial charge in [0.2, 0.25) is 0 Å². The lowest BCUT2D eigenvalue weighted by atomic mass is 10.1. The molecule has 0 spiro atoms. The third-order valence-corrected chi connectivity index (χ3v) is 3.76. The minimum absolute atomic E-state index is 0.0642. The fourth-order valence-electron chi connectivity index (χ4n) is 2.66. The fraction of sp³-hybridized carbons (Fsp3) is 0.235. The molecule has 3 heteroatoms. The Labute approximate surface area is 117 Å². The van der Waals surface area contributed by atoms with Gasteiger partial charge in [-0.15, -0.1) is 0 Å². The average molecular weight is 269 g/mol. The van der Waals surface area contributed by atoms with Crippen LogP contribution in [0.1, 0.15) is 22.3 Å². The number of Topliss-reactive ketones (excluding diaryl/α,β-unsaturated/α-hetero) is 1. The molecule has 0 unspecified atom stereocenters. The van der Waals surface area contributed by atoms with Gasteiger partial charge >= 0.3 is 0 Å². The molecule has 1 heterocycles. The maximum atomic E-state index is 12.8. The second-order valence-electron chi connectivity index (χ2n) is 5.05. The lowest BCUT2D eigenvalue weighted by molar-refractivity contribution is 0.0984. The van der Waals surface area contributed by atoms with Gasteiger partial charge in [0, 0.05) is 30.8 Å². The van der Waals surface area contributed by atoms with E-state index in [0.29, 0.717) is 18.5 Å². The van der Waals surface area contributed by atoms with Gasteiger partial charge in [0.25, 0.3) is 0 Å². The first kappa shape index (κ1) is 12.9. The summed E-state index contributed by atoms with van der Waals surface area (Å²) in [7, 11) is 0. The van der Waals surface area contributed by atoms with E-state index >= 15 is 0 Å². The number of carbonyl (C=O) groups excluding carboxylic acids is 1. The Morgan fingerprint density at radius 2 is 1.85 bits per heavy atom. The molecule has 102 valence electrons. The quantitative estimate of drug-likeness (QED) is 0.792. The Bertz CT molecular complexity index is 621. The van der Waals surface area contributed by atoms with Crippen LogP contribution in [0.25, 0.3) is 0 Å². The van der Waals surface area contributed by atoms with Crippen molar-refractivity contribution >= 4 is 11.5 Å². The van der Waals surface area contributed by atoms with Gasteiger partial charge < -0.3 is 4.90 Å². The van der Waals surface area contributed by atoms with Crippen LogP contribution in [0.15, 0.2) is 48.5 Å². The molecule has 2 aromatic rings. The van der Waals surface area contributed by atoms with Crippen molar-refractivity contribution in [2.45, 2.75) is 12.8 Å². The molecule has 0 saturated heterocycles. The summed E-state index contributed by atoms with van der Waals surface area (Å²) in [6, 6.07) is 14.1. The van der Waals surface area contributed by atoms with Gasteiger partial charge in [-0.05, 0) is 42.3 Å². The van der Waals surface area contributed by atoms with E-state index in [4.69, 9.17) is 0 Å². The molecule has 0 aromatic heterocycles. The molecule has 3 rings (SSSR count). The fourth-order valence-corrected chi connectivity index (χ4v) is 2.66. The largest absolute Gasteiger partial charge is 0.371 e. The highest BCUT2D eigenvalue weighted by Gasteiger charge is 2.18. The zero-order valence-corrected chi connectivity index (χ0v) is 11.2. The van der Waals surface area contributed by atoms with Gasteiger partial charge in [-0.2, -0.15) is 0 Å². The molecule has 0 aliphatic carbocycles. The summed E-state index contributed by atoms with van der Waals surface area (Å²) in [4.78, 5) is 14.3. The predicted octanol–water partition coefficient (Wildman–Crippen LogP) is 3.46. The van der Waals surface area contributed by atoms with Crippen LogP contribution in [0.2, 0.25) is 0 Å². The van der Waals surface area contributed by atoms with E-state index in [0.717, 1.165) is 13.0 Å². The SMILES string of the molecule is O=C(CCN1CCc2ccccc21)c1ccc(F)cc1. The van der Waals surface area contributed by atoms with Gasteiger partial charge in [0.15, 0.2) is 5.78 Å². The highest BCUT2D eigenvalue weighted by molar-refractivity contribution is 5.96. The second kappa shape index (κ2) is 5.45. The number of hydrogen-bond donors (Lipinski definition) is 0. The van der Waals surface area contributed by atoms with E-state index in [1.807, 2.05) is 12.1 Å². The van der Waals surface area contributed by atoms with Crippen LogP contribution in [-0.4, -0.2) is 18.9 Å². The van der Waals surface area contributed by atoms with Crippen LogP contribution in [0, 0.1) is 5.82 Å². The minimum Gasteiger partial charge on any atom is -0.371 e. The standard InChI is InChI=1S/C17H16FNO/c18-15-7-5-14(6-8-15)17(20)10-12-19-11-9-13-3-1-2-4-16(13)19/h1-8H,9-12H2. The van der Waals surface area contributed by atoms with E-state index in [-0.39, 0.29) is 11.6 Å². The first-order chi connectivity index (χ1) is 9.74. The molecule has 2 nitrogen and oxygen atoms in total. The molecule has 1 aliphatic heterocycles. The molecule has 0 N–H and O–H groups in total. The number of ketones is 1. The molecule has 0 radical (unpaired) electrons. The number of nitrogens with zero attached hydrogens (tertiary/aromatic N) is 1. The molecular weight excluding hydrogens is 253 g/mol. The van der Waals surface area contributed by atoms with E-state index in [1.165, 1.54) is 23.4 Å². The van der Waals surface area contributed by atoms with Crippen LogP contribution in [0.5, 0.6) is 0 Å². The number of halogens is 1. The van der Waals surface area contributed by atoms with Crippen molar-refractivity contribution in [2.24, 2.45) is 0 Å². The number of rotatable bonds is 4. The summed E-state index contributed by atoms with van der Waals surface area (Å²) in [6.45, 7) is 1.68. The van der Waals surface area contributed by atoms with Crippen LogP contribution in [0.3, 0.4) is 0 Å². The van der Waals surface area contributed by atoms with E-state index < -0.39 is 0 Å². The van der Waals surface area contributed by atoms with Crippen molar-refractivity contribution in [2.75, 3.05) is 18.0 Å². The number of fused-ring (bicyclic) bond motifs is 1. The Kier molecular flexibility index (Phi) is 3.50. The maximum Gasteiger partial charge on any atom is 0.164 e. The minimum atomic E-state index is -0.310. The van der Waals surface area contributed by atoms with E-state index in [2.05, 4.69) is 17.0 Å². The maximum absolute atomic E-state index is 12.8. The summed E-state index contributed by atoms with van der Waals surface area (Å²) < 4.78 is 12.8. The van der Waals surface area contributed by atoms with Gasteiger partial charge in [-0.1, -0.05) is 18.2 Å². The molecule has 0 saturated carbocycles. The molecule has 2 aromatic carbocycles. The monoisotopic (exact) mass is 269 g/mol. The van der Waals surface area contributed by atoms with Crippen LogP contribution in [-0.2, 0) is 6.42 Å². The zero-order chi connectivity index (χ0) is 13.9. The first-order valence-corrected chi connectivity index (χ1v) is 6.85. The first-order valence-electron chi connectivity index (χ1n) is 6.85. The third kappa shape index (κ3) is 2.57. The molecule has 0 atom stereocenters. The van der Waals surface area contributed by atoms with Crippen molar-refractivity contribution in [3.8, 4) is 0 Å². The van der Waals surface area contributed by atoms with E-state index in [9.17, 15) is 9.18 Å². The van der Waals surface area contributed by atoms with Gasteiger partial charge in [-0.3, -0.25) is 4.79 Å². The number of anilines is 1. The number of para-hydroxylation sites is 1. The van der Waals surface area contributed by atoms with Crippen molar-refractivity contribution < 1.29 is 9.18 Å². The van der Waals surface area contributed by atoms with Gasteiger partial charge in [0.1, 0.15) is 5.82 Å². The Hall–Kier alpha value is -2.16. The Morgan fingerprint density at radius 1 is 1.10 bits per heavy atom. The van der Waals surface area contributed by atoms with E-state index in [1.54, 1.807) is 12.1 Å². The summed E-state index contributed by atoms with van der Waals surface area (Å²) >= 11 is 0. The highest BCUT2D eigenvalue weighted by atomic mass is 19.1. The predicted molar refractivity (Wildman–Crippen MR) is 77.7 cm³/mol. The van der Waals surface area contributed by atoms with Crippen LogP contribution < -0.4 is 4.90 Å². The lowest BCUT2D eigenvalue weighted by Gasteiger charge is -2.18. The summed E-state index contributed by atoms with van der Waals surface area (Å²) in [5.74, 6) is -0.246. The topological polar surface area (TPSA) is 20.3 Å².